The second-order valence-corrected chi connectivity index (χ2v) is 8.15. The van der Waals surface area contributed by atoms with Crippen LogP contribution >= 0.6 is 0 Å². The highest BCUT2D eigenvalue weighted by atomic mass is 32.2. The first-order valence-corrected chi connectivity index (χ1v) is 9.90. The third-order valence-corrected chi connectivity index (χ3v) is 5.92. The molecule has 1 amide bonds. The summed E-state index contributed by atoms with van der Waals surface area (Å²) in [6.07, 6.45) is 4.98. The van der Waals surface area contributed by atoms with E-state index in [9.17, 15) is 13.2 Å². The molecule has 3 rings (SSSR count). The van der Waals surface area contributed by atoms with Gasteiger partial charge in [0.15, 0.2) is 0 Å². The lowest BCUT2D eigenvalue weighted by Crippen LogP contribution is -2.19. The number of anilines is 1. The number of hydrogen-bond acceptors (Lipinski definition) is 3. The van der Waals surface area contributed by atoms with Crippen molar-refractivity contribution in [2.24, 2.45) is 0 Å². The molecule has 0 aliphatic heterocycles. The Hall–Kier alpha value is -2.18. The van der Waals surface area contributed by atoms with Crippen LogP contribution in [0.1, 0.15) is 29.5 Å². The van der Waals surface area contributed by atoms with Crippen LogP contribution in [0.4, 0.5) is 5.69 Å². The highest BCUT2D eigenvalue weighted by Crippen LogP contribution is 2.22. The van der Waals surface area contributed by atoms with E-state index in [4.69, 9.17) is 0 Å². The zero-order valence-electron chi connectivity index (χ0n) is 14.2. The van der Waals surface area contributed by atoms with Gasteiger partial charge in [0, 0.05) is 5.69 Å². The Kier molecular flexibility index (Phi) is 5.20. The van der Waals surface area contributed by atoms with E-state index in [1.165, 1.54) is 43.1 Å². The first-order chi connectivity index (χ1) is 12.0. The highest BCUT2D eigenvalue weighted by molar-refractivity contribution is 7.89. The lowest BCUT2D eigenvalue weighted by molar-refractivity contribution is -0.115. The van der Waals surface area contributed by atoms with Crippen LogP contribution in [0.3, 0.4) is 0 Å². The van der Waals surface area contributed by atoms with Crippen molar-refractivity contribution in [1.82, 2.24) is 4.72 Å². The van der Waals surface area contributed by atoms with E-state index in [0.29, 0.717) is 12.1 Å². The van der Waals surface area contributed by atoms with Crippen molar-refractivity contribution in [2.75, 3.05) is 12.4 Å². The minimum absolute atomic E-state index is 0.111. The Morgan fingerprint density at radius 1 is 1.00 bits per heavy atom. The highest BCUT2D eigenvalue weighted by Gasteiger charge is 2.13. The van der Waals surface area contributed by atoms with E-state index in [1.807, 2.05) is 6.07 Å². The Morgan fingerprint density at radius 3 is 2.36 bits per heavy atom. The summed E-state index contributed by atoms with van der Waals surface area (Å²) in [6, 6.07) is 12.4. The summed E-state index contributed by atoms with van der Waals surface area (Å²) >= 11 is 0. The van der Waals surface area contributed by atoms with Crippen LogP contribution in [0.2, 0.25) is 0 Å². The Balaban J connectivity index is 1.65. The molecule has 0 saturated carbocycles. The van der Waals surface area contributed by atoms with E-state index in [1.54, 1.807) is 12.1 Å². The number of aryl methyl sites for hydroxylation is 2. The van der Waals surface area contributed by atoms with Gasteiger partial charge in [-0.25, -0.2) is 13.1 Å². The average molecular weight is 358 g/mol. The van der Waals surface area contributed by atoms with Crippen LogP contribution in [0.5, 0.6) is 0 Å². The lowest BCUT2D eigenvalue weighted by atomic mass is 9.90. The molecule has 1 aliphatic rings. The Bertz CT molecular complexity index is 874. The number of fused-ring (bicyclic) bond motifs is 1. The van der Waals surface area contributed by atoms with Gasteiger partial charge in [-0.3, -0.25) is 4.79 Å². The van der Waals surface area contributed by atoms with E-state index < -0.39 is 10.0 Å². The number of nitrogens with one attached hydrogen (secondary N) is 2. The van der Waals surface area contributed by atoms with E-state index in [-0.39, 0.29) is 10.8 Å². The van der Waals surface area contributed by atoms with Gasteiger partial charge in [-0.2, -0.15) is 0 Å². The van der Waals surface area contributed by atoms with Gasteiger partial charge in [0.2, 0.25) is 15.9 Å². The maximum atomic E-state index is 12.2. The largest absolute Gasteiger partial charge is 0.326 e. The second-order valence-electron chi connectivity index (χ2n) is 6.27. The first-order valence-electron chi connectivity index (χ1n) is 8.42. The molecule has 2 aromatic carbocycles. The van der Waals surface area contributed by atoms with Gasteiger partial charge in [0.05, 0.1) is 11.3 Å². The molecular weight excluding hydrogens is 336 g/mol. The molecule has 25 heavy (non-hydrogen) atoms. The van der Waals surface area contributed by atoms with Crippen LogP contribution in [-0.4, -0.2) is 21.4 Å². The first kappa shape index (κ1) is 17.6. The van der Waals surface area contributed by atoms with Gasteiger partial charge in [-0.05, 0) is 73.7 Å². The molecule has 0 spiro atoms. The molecule has 6 heteroatoms. The van der Waals surface area contributed by atoms with Gasteiger partial charge >= 0.3 is 0 Å². The van der Waals surface area contributed by atoms with Crippen LogP contribution in [-0.2, 0) is 34.1 Å². The van der Waals surface area contributed by atoms with Crippen molar-refractivity contribution in [3.63, 3.8) is 0 Å². The van der Waals surface area contributed by atoms with Crippen molar-refractivity contribution in [1.29, 1.82) is 0 Å². The molecule has 0 saturated heterocycles. The Morgan fingerprint density at radius 2 is 1.68 bits per heavy atom. The summed E-state index contributed by atoms with van der Waals surface area (Å²) in [7, 11) is -2.10. The molecule has 0 aromatic heterocycles. The van der Waals surface area contributed by atoms with Crippen molar-refractivity contribution in [3.8, 4) is 0 Å². The SMILES string of the molecule is CNS(=O)(=O)c1ccc(NC(=O)Cc2ccc3c(c2)CCCC3)cc1. The lowest BCUT2D eigenvalue weighted by Gasteiger charge is -2.16. The van der Waals surface area contributed by atoms with Gasteiger partial charge in [-0.15, -0.1) is 0 Å². The number of benzene rings is 2. The average Bonchev–Trinajstić information content (AvgIpc) is 2.62. The minimum atomic E-state index is -3.46. The number of carbonyl (C=O) groups is 1. The molecule has 2 N–H and O–H groups in total. The van der Waals surface area contributed by atoms with E-state index in [2.05, 4.69) is 22.2 Å². The summed E-state index contributed by atoms with van der Waals surface area (Å²) in [5.74, 6) is -0.111. The second kappa shape index (κ2) is 7.37. The van der Waals surface area contributed by atoms with Crippen LogP contribution in [0.15, 0.2) is 47.4 Å². The number of sulfonamides is 1. The van der Waals surface area contributed by atoms with Crippen LogP contribution in [0, 0.1) is 0 Å². The number of rotatable bonds is 5. The summed E-state index contributed by atoms with van der Waals surface area (Å²) in [6.45, 7) is 0. The molecule has 0 unspecified atom stereocenters. The van der Waals surface area contributed by atoms with Crippen molar-refractivity contribution < 1.29 is 13.2 Å². The topological polar surface area (TPSA) is 75.3 Å². The Labute approximate surface area is 148 Å². The van der Waals surface area contributed by atoms with Crippen molar-refractivity contribution in [3.05, 3.63) is 59.2 Å². The quantitative estimate of drug-likeness (QED) is 0.863. The van der Waals surface area contributed by atoms with Gasteiger partial charge in [0.25, 0.3) is 0 Å². The predicted octanol–water partition coefficient (Wildman–Crippen LogP) is 2.65. The summed E-state index contributed by atoms with van der Waals surface area (Å²) < 4.78 is 25.6. The molecule has 2 aromatic rings. The predicted molar refractivity (Wildman–Crippen MR) is 98.1 cm³/mol. The molecule has 0 bridgehead atoms. The zero-order chi connectivity index (χ0) is 17.9. The number of hydrogen-bond donors (Lipinski definition) is 2. The summed E-state index contributed by atoms with van der Waals surface area (Å²) in [5.41, 5.74) is 4.35. The minimum Gasteiger partial charge on any atom is -0.326 e. The fourth-order valence-corrected chi connectivity index (χ4v) is 3.85. The molecule has 0 radical (unpaired) electrons. The molecule has 0 atom stereocenters. The van der Waals surface area contributed by atoms with Gasteiger partial charge < -0.3 is 5.32 Å². The zero-order valence-corrected chi connectivity index (χ0v) is 15.0. The van der Waals surface area contributed by atoms with Gasteiger partial charge in [0.1, 0.15) is 0 Å². The normalized spacial score (nSPS) is 14.0. The number of amides is 1. The standard InChI is InChI=1S/C19H22N2O3S/c1-20-25(23,24)18-10-8-17(9-11-18)21-19(22)13-14-6-7-15-4-2-3-5-16(15)12-14/h6-12,20H,2-5,13H2,1H3,(H,21,22). The maximum Gasteiger partial charge on any atom is 0.240 e. The monoisotopic (exact) mass is 358 g/mol. The third kappa shape index (κ3) is 4.27. The van der Waals surface area contributed by atoms with Crippen LogP contribution in [0.25, 0.3) is 0 Å². The smallest absolute Gasteiger partial charge is 0.240 e. The van der Waals surface area contributed by atoms with Crippen molar-refractivity contribution in [2.45, 2.75) is 37.0 Å². The van der Waals surface area contributed by atoms with Crippen molar-refractivity contribution >= 4 is 21.6 Å². The van der Waals surface area contributed by atoms with E-state index >= 15 is 0 Å². The molecule has 0 heterocycles. The third-order valence-electron chi connectivity index (χ3n) is 4.49. The van der Waals surface area contributed by atoms with Gasteiger partial charge in [-0.1, -0.05) is 18.2 Å². The van der Waals surface area contributed by atoms with Crippen LogP contribution < -0.4 is 10.0 Å². The molecular formula is C19H22N2O3S. The maximum absolute atomic E-state index is 12.2. The molecule has 132 valence electrons. The fourth-order valence-electron chi connectivity index (χ4n) is 3.12. The number of carbonyl (C=O) groups excluding carboxylic acids is 1. The van der Waals surface area contributed by atoms with E-state index in [0.717, 1.165) is 18.4 Å². The molecule has 0 fully saturated rings. The summed E-state index contributed by atoms with van der Waals surface area (Å²) in [5, 5.41) is 2.81. The molecule has 1 aliphatic carbocycles. The summed E-state index contributed by atoms with van der Waals surface area (Å²) in [4.78, 5) is 12.4. The fraction of sp³-hybridized carbons (Fsp3) is 0.316. The molecule has 5 nitrogen and oxygen atoms in total.